The van der Waals surface area contributed by atoms with E-state index in [-0.39, 0.29) is 23.1 Å². The smallest absolute Gasteiger partial charge is 0.417 e. The summed E-state index contributed by atoms with van der Waals surface area (Å²) in [4.78, 5) is 27.1. The number of alkyl halides is 3. The first-order valence-corrected chi connectivity index (χ1v) is 12.8. The van der Waals surface area contributed by atoms with E-state index in [1.807, 2.05) is 4.90 Å². The number of carbonyl (C=O) groups excluding carboxylic acids is 1. The number of anilines is 1. The molecule has 1 aromatic heterocycles. The van der Waals surface area contributed by atoms with Gasteiger partial charge in [-0.1, -0.05) is 0 Å². The van der Waals surface area contributed by atoms with E-state index >= 15 is 0 Å². The van der Waals surface area contributed by atoms with E-state index in [1.165, 1.54) is 33.3 Å². The summed E-state index contributed by atoms with van der Waals surface area (Å²) >= 11 is 0. The zero-order valence-corrected chi connectivity index (χ0v) is 22.0. The van der Waals surface area contributed by atoms with Gasteiger partial charge in [0.15, 0.2) is 0 Å². The van der Waals surface area contributed by atoms with Gasteiger partial charge in [-0.2, -0.15) is 13.2 Å². The molecule has 3 heterocycles. The maximum absolute atomic E-state index is 14.3. The molecule has 206 valence electrons. The predicted molar refractivity (Wildman–Crippen MR) is 142 cm³/mol. The van der Waals surface area contributed by atoms with Gasteiger partial charge in [0.1, 0.15) is 11.5 Å². The Labute approximate surface area is 224 Å². The number of nitrogens with one attached hydrogen (secondary N) is 1. The summed E-state index contributed by atoms with van der Waals surface area (Å²) in [5.41, 5.74) is 1.23. The molecule has 2 aliphatic rings. The third kappa shape index (κ3) is 5.20. The Hall–Kier alpha value is -3.95. The second-order valence-electron chi connectivity index (χ2n) is 9.94. The lowest BCUT2D eigenvalue weighted by Crippen LogP contribution is -2.35. The van der Waals surface area contributed by atoms with E-state index in [0.717, 1.165) is 18.2 Å². The lowest BCUT2D eigenvalue weighted by Gasteiger charge is -2.22. The van der Waals surface area contributed by atoms with Gasteiger partial charge in [-0.3, -0.25) is 9.59 Å². The van der Waals surface area contributed by atoms with Crippen LogP contribution in [0.5, 0.6) is 11.5 Å². The van der Waals surface area contributed by atoms with E-state index < -0.39 is 17.3 Å². The predicted octanol–water partition coefficient (Wildman–Crippen LogP) is 4.88. The molecule has 1 amide bonds. The van der Waals surface area contributed by atoms with E-state index in [4.69, 9.17) is 9.47 Å². The summed E-state index contributed by atoms with van der Waals surface area (Å²) < 4.78 is 55.2. The normalized spacial score (nSPS) is 16.8. The van der Waals surface area contributed by atoms with E-state index in [1.54, 1.807) is 28.8 Å². The average molecular weight is 542 g/mol. The molecule has 0 spiro atoms. The quantitative estimate of drug-likeness (QED) is 0.482. The van der Waals surface area contributed by atoms with Crippen molar-refractivity contribution in [2.75, 3.05) is 32.2 Å². The number of benzene rings is 2. The Morgan fingerprint density at radius 3 is 2.33 bits per heavy atom. The summed E-state index contributed by atoms with van der Waals surface area (Å²) in [5.74, 6) is 0.923. The molecule has 0 unspecified atom stereocenters. The van der Waals surface area contributed by atoms with Crippen LogP contribution in [0.25, 0.3) is 22.3 Å². The lowest BCUT2D eigenvalue weighted by atomic mass is 9.94. The minimum Gasteiger partial charge on any atom is -0.497 e. The number of aromatic nitrogens is 1. The standard InChI is InChI=1S/C29H30F3N3O4/c1-17(36)33-19-8-10-34(16-19)20-6-7-26(29(30,31)32)24(13-20)25-15-23(27-5-4-9-35(27)28(25)37)18-11-21(38-2)14-22(12-18)39-3/h6-7,11-15,19H,4-5,8-10,16H2,1-3H3,(H,33,36)/t19-/m1/s1. The van der Waals surface area contributed by atoms with Crippen molar-refractivity contribution < 1.29 is 27.4 Å². The average Bonchev–Trinajstić information content (AvgIpc) is 3.58. The number of ether oxygens (including phenoxy) is 2. The molecular weight excluding hydrogens is 511 g/mol. The van der Waals surface area contributed by atoms with E-state index in [9.17, 15) is 22.8 Å². The van der Waals surface area contributed by atoms with Crippen LogP contribution in [-0.4, -0.2) is 43.8 Å². The number of nitrogens with zero attached hydrogens (tertiary/aromatic N) is 2. The molecule has 0 aliphatic carbocycles. The SMILES string of the molecule is COc1cc(OC)cc(-c2cc(-c3cc(N4CC[C@@H](NC(C)=O)C4)ccc3C(F)(F)F)c(=O)n3c2CCC3)c1. The monoisotopic (exact) mass is 541 g/mol. The van der Waals surface area contributed by atoms with Crippen LogP contribution in [0.15, 0.2) is 47.3 Å². The van der Waals surface area contributed by atoms with Gasteiger partial charge < -0.3 is 24.3 Å². The van der Waals surface area contributed by atoms with Crippen molar-refractivity contribution in [2.24, 2.45) is 0 Å². The fourth-order valence-corrected chi connectivity index (χ4v) is 5.62. The van der Waals surface area contributed by atoms with Crippen LogP contribution in [0.3, 0.4) is 0 Å². The maximum atomic E-state index is 14.3. The Morgan fingerprint density at radius 1 is 0.974 bits per heavy atom. The Kier molecular flexibility index (Phi) is 7.05. The number of rotatable bonds is 6. The van der Waals surface area contributed by atoms with Crippen LogP contribution < -0.4 is 25.2 Å². The third-order valence-electron chi connectivity index (χ3n) is 7.42. The maximum Gasteiger partial charge on any atom is 0.417 e. The molecule has 0 bridgehead atoms. The summed E-state index contributed by atoms with van der Waals surface area (Å²) in [7, 11) is 3.06. The number of halogens is 3. The van der Waals surface area contributed by atoms with Crippen LogP contribution in [0, 0.1) is 0 Å². The highest BCUT2D eigenvalue weighted by Crippen LogP contribution is 2.41. The Bertz CT molecular complexity index is 1460. The number of amides is 1. The van der Waals surface area contributed by atoms with Gasteiger partial charge in [-0.25, -0.2) is 0 Å². The van der Waals surface area contributed by atoms with Gasteiger partial charge in [0.2, 0.25) is 5.91 Å². The van der Waals surface area contributed by atoms with Crippen LogP contribution in [0.4, 0.5) is 18.9 Å². The summed E-state index contributed by atoms with van der Waals surface area (Å²) in [5, 5.41) is 2.87. The molecule has 0 radical (unpaired) electrons. The number of carbonyl (C=O) groups is 1. The molecule has 5 rings (SSSR count). The highest BCUT2D eigenvalue weighted by atomic mass is 19.4. The zero-order valence-electron chi connectivity index (χ0n) is 22.0. The molecule has 0 saturated carbocycles. The first-order chi connectivity index (χ1) is 18.6. The molecule has 1 saturated heterocycles. The fraction of sp³-hybridized carbons (Fsp3) is 0.379. The van der Waals surface area contributed by atoms with Crippen molar-refractivity contribution in [3.05, 3.63) is 64.1 Å². The van der Waals surface area contributed by atoms with Crippen molar-refractivity contribution in [1.82, 2.24) is 9.88 Å². The van der Waals surface area contributed by atoms with Crippen molar-refractivity contribution in [1.29, 1.82) is 0 Å². The molecule has 1 fully saturated rings. The van der Waals surface area contributed by atoms with Crippen LogP contribution >= 0.6 is 0 Å². The van der Waals surface area contributed by atoms with Gasteiger partial charge in [-0.05, 0) is 61.2 Å². The summed E-state index contributed by atoms with van der Waals surface area (Å²) in [6.45, 7) is 2.92. The molecule has 1 atom stereocenters. The first-order valence-electron chi connectivity index (χ1n) is 12.8. The second-order valence-corrected chi connectivity index (χ2v) is 9.94. The highest BCUT2D eigenvalue weighted by Gasteiger charge is 2.36. The number of methoxy groups -OCH3 is 2. The molecule has 2 aromatic carbocycles. The second kappa shape index (κ2) is 10.3. The van der Waals surface area contributed by atoms with Crippen molar-refractivity contribution >= 4 is 11.6 Å². The molecule has 7 nitrogen and oxygen atoms in total. The highest BCUT2D eigenvalue weighted by molar-refractivity contribution is 5.79. The molecule has 2 aliphatic heterocycles. The first kappa shape index (κ1) is 26.6. The lowest BCUT2D eigenvalue weighted by molar-refractivity contribution is -0.137. The topological polar surface area (TPSA) is 72.8 Å². The fourth-order valence-electron chi connectivity index (χ4n) is 5.62. The van der Waals surface area contributed by atoms with Crippen LogP contribution in [0.2, 0.25) is 0 Å². The minimum atomic E-state index is -4.66. The van der Waals surface area contributed by atoms with Gasteiger partial charge in [0.25, 0.3) is 5.56 Å². The van der Waals surface area contributed by atoms with Gasteiger partial charge in [0, 0.05) is 66.7 Å². The number of fused-ring (bicyclic) bond motifs is 1. The molecule has 39 heavy (non-hydrogen) atoms. The van der Waals surface area contributed by atoms with E-state index in [0.29, 0.717) is 60.8 Å². The van der Waals surface area contributed by atoms with Crippen LogP contribution in [0.1, 0.15) is 31.0 Å². The molecular formula is C29H30F3N3O4. The Balaban J connectivity index is 1.68. The molecule has 3 aromatic rings. The zero-order chi connectivity index (χ0) is 27.9. The van der Waals surface area contributed by atoms with Gasteiger partial charge in [0.05, 0.1) is 19.8 Å². The number of hydrogen-bond acceptors (Lipinski definition) is 5. The third-order valence-corrected chi connectivity index (χ3v) is 7.42. The van der Waals surface area contributed by atoms with Crippen molar-refractivity contribution in [3.8, 4) is 33.8 Å². The largest absolute Gasteiger partial charge is 0.497 e. The number of pyridine rings is 1. The van der Waals surface area contributed by atoms with Gasteiger partial charge in [-0.15, -0.1) is 0 Å². The Morgan fingerprint density at radius 2 is 1.69 bits per heavy atom. The van der Waals surface area contributed by atoms with Crippen molar-refractivity contribution in [3.63, 3.8) is 0 Å². The summed E-state index contributed by atoms with van der Waals surface area (Å²) in [6.07, 6.45) is -2.63. The minimum absolute atomic E-state index is 0.00998. The van der Waals surface area contributed by atoms with E-state index in [2.05, 4.69) is 5.32 Å². The molecule has 1 N–H and O–H groups in total. The van der Waals surface area contributed by atoms with Crippen LogP contribution in [-0.2, 0) is 23.9 Å². The van der Waals surface area contributed by atoms with Gasteiger partial charge >= 0.3 is 6.18 Å². The molecule has 10 heteroatoms. The number of hydrogen-bond donors (Lipinski definition) is 1. The van der Waals surface area contributed by atoms with Crippen molar-refractivity contribution in [2.45, 2.75) is 44.9 Å². The summed E-state index contributed by atoms with van der Waals surface area (Å²) in [6, 6.07) is 10.7.